The molecular formula is C22H24N2O6. The number of nitrogens with zero attached hydrogens (tertiary/aromatic N) is 2. The maximum absolute atomic E-state index is 12.6. The lowest BCUT2D eigenvalue weighted by molar-refractivity contribution is -0.141. The van der Waals surface area contributed by atoms with Crippen LogP contribution >= 0.6 is 0 Å². The molecule has 1 aromatic heterocycles. The summed E-state index contributed by atoms with van der Waals surface area (Å²) in [5.41, 5.74) is 2.87. The summed E-state index contributed by atoms with van der Waals surface area (Å²) in [4.78, 5) is 50.0. The highest BCUT2D eigenvalue weighted by Gasteiger charge is 2.36. The predicted molar refractivity (Wildman–Crippen MR) is 109 cm³/mol. The Bertz CT molecular complexity index is 1010. The first-order valence-corrected chi connectivity index (χ1v) is 9.64. The van der Waals surface area contributed by atoms with Crippen LogP contribution in [0.2, 0.25) is 0 Å². The summed E-state index contributed by atoms with van der Waals surface area (Å²) in [5.74, 6) is -2.51. The molecule has 0 radical (unpaired) electrons. The normalized spacial score (nSPS) is 13.0. The van der Waals surface area contributed by atoms with Gasteiger partial charge in [-0.2, -0.15) is 0 Å². The van der Waals surface area contributed by atoms with Crippen LogP contribution in [0.3, 0.4) is 0 Å². The summed E-state index contributed by atoms with van der Waals surface area (Å²) in [6.07, 6.45) is 0.819. The second kappa shape index (κ2) is 9.04. The Hall–Kier alpha value is -3.26. The standard InChI is InChI=1S/C22H24N2O6/c1-14-11-17(15(2)23(14)9-6-10-29-3)19(25)13-30-20(26)12-24-18-8-5-4-7-16(18)21(27)22(24)28/h4-5,7-8,11H,6,9-10,12-13H2,1-3H3. The van der Waals surface area contributed by atoms with E-state index in [1.54, 1.807) is 31.4 Å². The first-order chi connectivity index (χ1) is 14.3. The second-order valence-electron chi connectivity index (χ2n) is 7.10. The number of methoxy groups -OCH3 is 1. The van der Waals surface area contributed by atoms with Gasteiger partial charge in [-0.15, -0.1) is 0 Å². The van der Waals surface area contributed by atoms with E-state index in [2.05, 4.69) is 0 Å². The Morgan fingerprint density at radius 1 is 1.10 bits per heavy atom. The van der Waals surface area contributed by atoms with Crippen molar-refractivity contribution in [2.75, 3.05) is 31.8 Å². The maximum atomic E-state index is 12.6. The van der Waals surface area contributed by atoms with E-state index in [4.69, 9.17) is 9.47 Å². The Kier molecular flexibility index (Phi) is 6.47. The molecule has 0 unspecified atom stereocenters. The SMILES string of the molecule is COCCCn1c(C)cc(C(=O)COC(=O)CN2C(=O)C(=O)c3ccccc32)c1C. The molecule has 2 aromatic rings. The molecule has 0 bridgehead atoms. The minimum Gasteiger partial charge on any atom is -0.456 e. The molecule has 0 saturated heterocycles. The maximum Gasteiger partial charge on any atom is 0.326 e. The number of fused-ring (bicyclic) bond motifs is 1. The average Bonchev–Trinajstić information content (AvgIpc) is 3.15. The van der Waals surface area contributed by atoms with Crippen LogP contribution in [0, 0.1) is 13.8 Å². The van der Waals surface area contributed by atoms with Gasteiger partial charge in [-0.3, -0.25) is 24.1 Å². The molecule has 8 heteroatoms. The Morgan fingerprint density at radius 3 is 2.57 bits per heavy atom. The number of Topliss-reactive ketones (excluding diaryl/α,β-unsaturated/α-hetero) is 2. The molecule has 0 N–H and O–H groups in total. The number of rotatable bonds is 9. The fourth-order valence-electron chi connectivity index (χ4n) is 3.60. The minimum absolute atomic E-state index is 0.257. The Morgan fingerprint density at radius 2 is 1.83 bits per heavy atom. The number of ketones is 2. The number of hydrogen-bond acceptors (Lipinski definition) is 6. The topological polar surface area (TPSA) is 94.9 Å². The zero-order valence-electron chi connectivity index (χ0n) is 17.3. The molecule has 1 aliphatic heterocycles. The van der Waals surface area contributed by atoms with E-state index in [1.807, 2.05) is 18.4 Å². The van der Waals surface area contributed by atoms with E-state index >= 15 is 0 Å². The molecule has 8 nitrogen and oxygen atoms in total. The van der Waals surface area contributed by atoms with Gasteiger partial charge in [-0.05, 0) is 38.5 Å². The van der Waals surface area contributed by atoms with Crippen molar-refractivity contribution in [2.45, 2.75) is 26.8 Å². The van der Waals surface area contributed by atoms with Crippen LogP contribution in [-0.2, 0) is 25.6 Å². The van der Waals surface area contributed by atoms with Gasteiger partial charge in [0.05, 0.1) is 11.3 Å². The van der Waals surface area contributed by atoms with Gasteiger partial charge in [0.1, 0.15) is 6.54 Å². The van der Waals surface area contributed by atoms with Crippen molar-refractivity contribution in [3.05, 3.63) is 52.8 Å². The number of para-hydroxylation sites is 1. The number of amides is 1. The van der Waals surface area contributed by atoms with Crippen LogP contribution in [0.15, 0.2) is 30.3 Å². The lowest BCUT2D eigenvalue weighted by Gasteiger charge is -2.15. The van der Waals surface area contributed by atoms with Gasteiger partial charge in [-0.25, -0.2) is 0 Å². The van der Waals surface area contributed by atoms with Gasteiger partial charge in [0, 0.05) is 37.2 Å². The number of benzene rings is 1. The van der Waals surface area contributed by atoms with Crippen LogP contribution in [-0.4, -0.2) is 54.9 Å². The third kappa shape index (κ3) is 4.18. The lowest BCUT2D eigenvalue weighted by atomic mass is 10.1. The molecule has 1 aliphatic rings. The fourth-order valence-corrected chi connectivity index (χ4v) is 3.60. The molecule has 1 amide bonds. The molecule has 0 saturated carbocycles. The number of hydrogen-bond donors (Lipinski definition) is 0. The van der Waals surface area contributed by atoms with E-state index < -0.39 is 30.8 Å². The molecule has 0 atom stereocenters. The van der Waals surface area contributed by atoms with Crippen LogP contribution in [0.5, 0.6) is 0 Å². The molecule has 158 valence electrons. The summed E-state index contributed by atoms with van der Waals surface area (Å²) in [7, 11) is 1.64. The zero-order valence-corrected chi connectivity index (χ0v) is 17.3. The highest BCUT2D eigenvalue weighted by atomic mass is 16.5. The molecular weight excluding hydrogens is 388 g/mol. The molecule has 1 aromatic carbocycles. The number of esters is 1. The lowest BCUT2D eigenvalue weighted by Crippen LogP contribution is -2.36. The number of aromatic nitrogens is 1. The highest BCUT2D eigenvalue weighted by molar-refractivity contribution is 6.52. The highest BCUT2D eigenvalue weighted by Crippen LogP contribution is 2.28. The van der Waals surface area contributed by atoms with Gasteiger partial charge in [0.2, 0.25) is 5.78 Å². The van der Waals surface area contributed by atoms with Crippen molar-refractivity contribution < 1.29 is 28.7 Å². The third-order valence-corrected chi connectivity index (χ3v) is 5.13. The number of anilines is 1. The van der Waals surface area contributed by atoms with Crippen molar-refractivity contribution >= 4 is 29.1 Å². The summed E-state index contributed by atoms with van der Waals surface area (Å²) in [6.45, 7) is 4.25. The molecule has 0 spiro atoms. The number of ether oxygens (including phenoxy) is 2. The first kappa shape index (κ1) is 21.4. The van der Waals surface area contributed by atoms with Crippen molar-refractivity contribution in [2.24, 2.45) is 0 Å². The Labute approximate surface area is 174 Å². The van der Waals surface area contributed by atoms with E-state index in [1.165, 1.54) is 6.07 Å². The molecule has 30 heavy (non-hydrogen) atoms. The quantitative estimate of drug-likeness (QED) is 0.271. The second-order valence-corrected chi connectivity index (χ2v) is 7.10. The van der Waals surface area contributed by atoms with Gasteiger partial charge >= 0.3 is 5.97 Å². The molecule has 0 aliphatic carbocycles. The van der Waals surface area contributed by atoms with Crippen LogP contribution in [0.4, 0.5) is 5.69 Å². The van der Waals surface area contributed by atoms with Crippen molar-refractivity contribution in [1.29, 1.82) is 0 Å². The number of aryl methyl sites for hydroxylation is 1. The first-order valence-electron chi connectivity index (χ1n) is 9.64. The summed E-state index contributed by atoms with van der Waals surface area (Å²) in [6, 6.07) is 8.23. The molecule has 3 rings (SSSR count). The van der Waals surface area contributed by atoms with Gasteiger partial charge in [0.25, 0.3) is 11.7 Å². The zero-order chi connectivity index (χ0) is 21.8. The molecule has 0 fully saturated rings. The predicted octanol–water partition coefficient (Wildman–Crippen LogP) is 2.10. The Balaban J connectivity index is 1.60. The van der Waals surface area contributed by atoms with Gasteiger partial charge < -0.3 is 14.0 Å². The fraction of sp³-hybridized carbons (Fsp3) is 0.364. The van der Waals surface area contributed by atoms with Crippen LogP contribution < -0.4 is 4.90 Å². The third-order valence-electron chi connectivity index (χ3n) is 5.13. The van der Waals surface area contributed by atoms with E-state index in [9.17, 15) is 19.2 Å². The molecule has 2 heterocycles. The largest absolute Gasteiger partial charge is 0.456 e. The minimum atomic E-state index is -0.779. The summed E-state index contributed by atoms with van der Waals surface area (Å²) >= 11 is 0. The van der Waals surface area contributed by atoms with Gasteiger partial charge in [0.15, 0.2) is 6.61 Å². The van der Waals surface area contributed by atoms with Crippen molar-refractivity contribution in [3.63, 3.8) is 0 Å². The van der Waals surface area contributed by atoms with Gasteiger partial charge in [-0.1, -0.05) is 12.1 Å². The van der Waals surface area contributed by atoms with E-state index in [0.717, 1.165) is 29.3 Å². The van der Waals surface area contributed by atoms with Crippen LogP contribution in [0.25, 0.3) is 0 Å². The average molecular weight is 412 g/mol. The smallest absolute Gasteiger partial charge is 0.326 e. The van der Waals surface area contributed by atoms with E-state index in [-0.39, 0.29) is 11.3 Å². The number of carbonyl (C=O) groups is 4. The summed E-state index contributed by atoms with van der Waals surface area (Å²) in [5, 5.41) is 0. The number of carbonyl (C=O) groups excluding carboxylic acids is 4. The summed E-state index contributed by atoms with van der Waals surface area (Å²) < 4.78 is 12.2. The van der Waals surface area contributed by atoms with E-state index in [0.29, 0.717) is 17.9 Å². The van der Waals surface area contributed by atoms with Crippen molar-refractivity contribution in [3.8, 4) is 0 Å². The monoisotopic (exact) mass is 412 g/mol. The van der Waals surface area contributed by atoms with Crippen molar-refractivity contribution in [1.82, 2.24) is 4.57 Å². The van der Waals surface area contributed by atoms with Crippen LogP contribution in [0.1, 0.15) is 38.5 Å².